The van der Waals surface area contributed by atoms with Gasteiger partial charge in [-0.15, -0.1) is 0 Å². The molecule has 4 rings (SSSR count). The van der Waals surface area contributed by atoms with Crippen LogP contribution in [-0.2, 0) is 0 Å². The van der Waals surface area contributed by atoms with Crippen molar-refractivity contribution in [2.45, 2.75) is 31.7 Å². The fourth-order valence-corrected chi connectivity index (χ4v) is 3.61. The van der Waals surface area contributed by atoms with Gasteiger partial charge in [0.1, 0.15) is 5.82 Å². The lowest BCUT2D eigenvalue weighted by Crippen LogP contribution is -2.29. The minimum Gasteiger partial charge on any atom is -0.307 e. The molecule has 2 aliphatic rings. The van der Waals surface area contributed by atoms with E-state index in [1.807, 2.05) is 18.2 Å². The van der Waals surface area contributed by atoms with E-state index in [2.05, 4.69) is 17.5 Å². The predicted octanol–water partition coefficient (Wildman–Crippen LogP) is 3.67. The van der Waals surface area contributed by atoms with Gasteiger partial charge in [0.15, 0.2) is 0 Å². The summed E-state index contributed by atoms with van der Waals surface area (Å²) in [5.74, 6) is 0.792. The van der Waals surface area contributed by atoms with Gasteiger partial charge in [0.05, 0.1) is 22.0 Å². The fraction of sp³-hybridized carbons (Fsp3) is 0.333. The Morgan fingerprint density at radius 1 is 1.30 bits per heavy atom. The normalized spacial score (nSPS) is 20.9. The van der Waals surface area contributed by atoms with Gasteiger partial charge in [0, 0.05) is 5.70 Å². The second kappa shape index (κ2) is 5.95. The number of rotatable bonds is 2. The van der Waals surface area contributed by atoms with Crippen molar-refractivity contribution < 1.29 is 0 Å². The van der Waals surface area contributed by atoms with Crippen molar-refractivity contribution in [1.29, 1.82) is 0 Å². The summed E-state index contributed by atoms with van der Waals surface area (Å²) >= 11 is 6.28. The van der Waals surface area contributed by atoms with Crippen molar-refractivity contribution >= 4 is 28.2 Å². The van der Waals surface area contributed by atoms with Crippen LogP contribution in [0.1, 0.15) is 37.5 Å². The molecule has 2 heterocycles. The zero-order chi connectivity index (χ0) is 15.8. The topological polar surface area (TPSA) is 46.9 Å². The Hall–Kier alpha value is -1.91. The minimum absolute atomic E-state index is 0.0814. The highest BCUT2D eigenvalue weighted by Gasteiger charge is 2.24. The smallest absolute Gasteiger partial charge is 0.267 e. The van der Waals surface area contributed by atoms with Gasteiger partial charge in [-0.05, 0) is 50.4 Å². The number of hydrogen-bond donors (Lipinski definition) is 1. The molecule has 23 heavy (non-hydrogen) atoms. The lowest BCUT2D eigenvalue weighted by atomic mass is 10.1. The Bertz CT molecular complexity index is 876. The van der Waals surface area contributed by atoms with Gasteiger partial charge in [-0.1, -0.05) is 29.8 Å². The van der Waals surface area contributed by atoms with Crippen LogP contribution in [0.4, 0.5) is 0 Å². The third-order valence-electron chi connectivity index (χ3n) is 4.48. The summed E-state index contributed by atoms with van der Waals surface area (Å²) in [6.07, 6.45) is 10.3. The Balaban J connectivity index is 2.03. The summed E-state index contributed by atoms with van der Waals surface area (Å²) in [5.41, 5.74) is 1.49. The molecule has 1 atom stereocenters. The molecule has 0 saturated carbocycles. The van der Waals surface area contributed by atoms with Crippen LogP contribution in [0.25, 0.3) is 16.6 Å². The molecule has 1 saturated heterocycles. The van der Waals surface area contributed by atoms with E-state index in [0.717, 1.165) is 43.7 Å². The SMILES string of the molecule is O=c1c2c(Cl)cccc2nc(C2CCCN2)n1C1=CCCC=C1. The third-order valence-corrected chi connectivity index (χ3v) is 4.79. The molecule has 1 unspecified atom stereocenters. The van der Waals surface area contributed by atoms with Gasteiger partial charge in [0.25, 0.3) is 5.56 Å². The van der Waals surface area contributed by atoms with Gasteiger partial charge in [-0.2, -0.15) is 0 Å². The van der Waals surface area contributed by atoms with Crippen LogP contribution >= 0.6 is 11.6 Å². The van der Waals surface area contributed by atoms with Gasteiger partial charge >= 0.3 is 0 Å². The molecule has 2 aromatic rings. The molecule has 4 nitrogen and oxygen atoms in total. The first-order chi connectivity index (χ1) is 11.3. The maximum absolute atomic E-state index is 13.2. The van der Waals surface area contributed by atoms with Crippen molar-refractivity contribution in [3.63, 3.8) is 0 Å². The van der Waals surface area contributed by atoms with Crippen LogP contribution < -0.4 is 10.9 Å². The van der Waals surface area contributed by atoms with E-state index in [4.69, 9.17) is 16.6 Å². The van der Waals surface area contributed by atoms with Crippen LogP contribution in [0.5, 0.6) is 0 Å². The van der Waals surface area contributed by atoms with Crippen molar-refractivity contribution in [3.05, 3.63) is 57.6 Å². The summed E-state index contributed by atoms with van der Waals surface area (Å²) in [7, 11) is 0. The number of halogens is 1. The number of hydrogen-bond acceptors (Lipinski definition) is 3. The molecule has 0 amide bonds. The lowest BCUT2D eigenvalue weighted by molar-refractivity contribution is 0.587. The molecule has 1 aromatic heterocycles. The zero-order valence-electron chi connectivity index (χ0n) is 12.8. The summed E-state index contributed by atoms with van der Waals surface area (Å²) in [6, 6.07) is 5.56. The number of fused-ring (bicyclic) bond motifs is 1. The Morgan fingerprint density at radius 3 is 2.96 bits per heavy atom. The average molecular weight is 328 g/mol. The summed E-state index contributed by atoms with van der Waals surface area (Å²) in [5, 5.41) is 4.41. The number of benzene rings is 1. The first-order valence-corrected chi connectivity index (χ1v) is 8.45. The molecule has 0 spiro atoms. The largest absolute Gasteiger partial charge is 0.307 e. The highest BCUT2D eigenvalue weighted by Crippen LogP contribution is 2.27. The Kier molecular flexibility index (Phi) is 3.79. The van der Waals surface area contributed by atoms with Crippen LogP contribution in [0, 0.1) is 0 Å². The van der Waals surface area contributed by atoms with Crippen molar-refractivity contribution in [2.24, 2.45) is 0 Å². The molecule has 1 N–H and O–H groups in total. The molecule has 1 aliphatic heterocycles. The predicted molar refractivity (Wildman–Crippen MR) is 93.6 cm³/mol. The van der Waals surface area contributed by atoms with Gasteiger partial charge < -0.3 is 5.32 Å². The number of nitrogens with zero attached hydrogens (tertiary/aromatic N) is 2. The molecule has 0 bridgehead atoms. The molecule has 0 radical (unpaired) electrons. The van der Waals surface area contributed by atoms with Crippen molar-refractivity contribution in [2.75, 3.05) is 6.54 Å². The molecular weight excluding hydrogens is 310 g/mol. The summed E-state index contributed by atoms with van der Waals surface area (Å²) in [4.78, 5) is 18.0. The zero-order valence-corrected chi connectivity index (χ0v) is 13.5. The van der Waals surface area contributed by atoms with Gasteiger partial charge in [-0.25, -0.2) is 4.98 Å². The van der Waals surface area contributed by atoms with E-state index in [1.54, 1.807) is 10.6 Å². The molecule has 5 heteroatoms. The second-order valence-corrected chi connectivity index (χ2v) is 6.41. The number of nitrogens with one attached hydrogen (secondary N) is 1. The Morgan fingerprint density at radius 2 is 2.22 bits per heavy atom. The standard InChI is InChI=1S/C18H18ClN3O/c19-13-8-4-9-14-16(13)18(23)22(12-6-2-1-3-7-12)17(21-14)15-10-5-11-20-15/h2,4,6-9,15,20H,1,3,5,10-11H2. The van der Waals surface area contributed by atoms with Gasteiger partial charge in [-0.3, -0.25) is 9.36 Å². The van der Waals surface area contributed by atoms with E-state index in [9.17, 15) is 4.79 Å². The number of aromatic nitrogens is 2. The maximum Gasteiger partial charge on any atom is 0.267 e. The molecule has 1 aliphatic carbocycles. The van der Waals surface area contributed by atoms with Crippen LogP contribution in [-0.4, -0.2) is 16.1 Å². The highest BCUT2D eigenvalue weighted by molar-refractivity contribution is 6.35. The first-order valence-electron chi connectivity index (χ1n) is 8.07. The molecule has 1 fully saturated rings. The lowest BCUT2D eigenvalue weighted by Gasteiger charge is -2.20. The van der Waals surface area contributed by atoms with Gasteiger partial charge in [0.2, 0.25) is 0 Å². The van der Waals surface area contributed by atoms with Crippen molar-refractivity contribution in [1.82, 2.24) is 14.9 Å². The first kappa shape index (κ1) is 14.7. The quantitative estimate of drug-likeness (QED) is 0.915. The monoisotopic (exact) mass is 327 g/mol. The average Bonchev–Trinajstić information content (AvgIpc) is 3.09. The summed E-state index contributed by atoms with van der Waals surface area (Å²) < 4.78 is 1.74. The highest BCUT2D eigenvalue weighted by atomic mass is 35.5. The van der Waals surface area contributed by atoms with E-state index in [-0.39, 0.29) is 11.6 Å². The molecule has 118 valence electrons. The molecule has 1 aromatic carbocycles. The van der Waals surface area contributed by atoms with E-state index < -0.39 is 0 Å². The fourth-order valence-electron chi connectivity index (χ4n) is 3.36. The summed E-state index contributed by atoms with van der Waals surface area (Å²) in [6.45, 7) is 0.961. The van der Waals surface area contributed by atoms with E-state index in [0.29, 0.717) is 15.9 Å². The van der Waals surface area contributed by atoms with Crippen LogP contribution in [0.3, 0.4) is 0 Å². The number of allylic oxidation sites excluding steroid dienone is 4. The van der Waals surface area contributed by atoms with E-state index in [1.165, 1.54) is 0 Å². The maximum atomic E-state index is 13.2. The van der Waals surface area contributed by atoms with E-state index >= 15 is 0 Å². The molecular formula is C18H18ClN3O. The van der Waals surface area contributed by atoms with Crippen LogP contribution in [0.2, 0.25) is 5.02 Å². The Labute approximate surface area is 139 Å². The minimum atomic E-state index is -0.0814. The van der Waals surface area contributed by atoms with Crippen molar-refractivity contribution in [3.8, 4) is 0 Å². The third kappa shape index (κ3) is 2.52. The van der Waals surface area contributed by atoms with Crippen LogP contribution in [0.15, 0.2) is 41.2 Å². The second-order valence-electron chi connectivity index (χ2n) is 6.00.